The van der Waals surface area contributed by atoms with Crippen LogP contribution in [0.25, 0.3) is 0 Å². The third-order valence-corrected chi connectivity index (χ3v) is 3.91. The fraction of sp³-hybridized carbons (Fsp3) is 0.684. The Bertz CT molecular complexity index is 328. The third-order valence-electron chi connectivity index (χ3n) is 3.91. The number of hydrogen-bond acceptors (Lipinski definition) is 1. The minimum Gasteiger partial charge on any atom is -0.310 e. The van der Waals surface area contributed by atoms with Crippen LogP contribution in [0.3, 0.4) is 0 Å². The van der Waals surface area contributed by atoms with Crippen molar-refractivity contribution in [2.45, 2.75) is 78.2 Å². The summed E-state index contributed by atoms with van der Waals surface area (Å²) in [6, 6.07) is 9.83. The van der Waals surface area contributed by atoms with Crippen LogP contribution in [-0.2, 0) is 6.42 Å². The predicted octanol–water partition coefficient (Wildman–Crippen LogP) is 5.65. The first kappa shape index (κ1) is 17.2. The van der Waals surface area contributed by atoms with E-state index in [1.165, 1.54) is 62.5 Å². The highest BCUT2D eigenvalue weighted by atomic mass is 14.9. The molecule has 0 spiro atoms. The van der Waals surface area contributed by atoms with E-state index < -0.39 is 0 Å². The molecule has 1 N–H and O–H groups in total. The summed E-state index contributed by atoms with van der Waals surface area (Å²) in [5, 5.41) is 3.71. The fourth-order valence-corrected chi connectivity index (χ4v) is 2.69. The maximum absolute atomic E-state index is 3.71. The molecular formula is C19H33N. The van der Waals surface area contributed by atoms with Gasteiger partial charge in [0.05, 0.1) is 0 Å². The van der Waals surface area contributed by atoms with Gasteiger partial charge in [-0.2, -0.15) is 0 Å². The molecule has 0 aliphatic carbocycles. The molecule has 1 heteroatoms. The largest absolute Gasteiger partial charge is 0.310 e. The molecular weight excluding hydrogens is 242 g/mol. The maximum Gasteiger partial charge on any atom is 0.0320 e. The SMILES string of the molecule is CCCCCCC(NCCC)c1ccc(CCC)cc1. The Hall–Kier alpha value is -0.820. The van der Waals surface area contributed by atoms with Crippen LogP contribution in [0.2, 0.25) is 0 Å². The van der Waals surface area contributed by atoms with Crippen LogP contribution in [0.5, 0.6) is 0 Å². The van der Waals surface area contributed by atoms with Gasteiger partial charge in [0.25, 0.3) is 0 Å². The van der Waals surface area contributed by atoms with Crippen molar-refractivity contribution < 1.29 is 0 Å². The van der Waals surface area contributed by atoms with Gasteiger partial charge in [-0.3, -0.25) is 0 Å². The molecule has 1 unspecified atom stereocenters. The Balaban J connectivity index is 2.56. The summed E-state index contributed by atoms with van der Waals surface area (Å²) in [4.78, 5) is 0. The average molecular weight is 275 g/mol. The summed E-state index contributed by atoms with van der Waals surface area (Å²) in [5.41, 5.74) is 2.94. The second kappa shape index (κ2) is 10.9. The van der Waals surface area contributed by atoms with Crippen molar-refractivity contribution in [1.29, 1.82) is 0 Å². The van der Waals surface area contributed by atoms with Gasteiger partial charge in [0.1, 0.15) is 0 Å². The van der Waals surface area contributed by atoms with Crippen LogP contribution in [-0.4, -0.2) is 6.54 Å². The van der Waals surface area contributed by atoms with Crippen LogP contribution in [0.4, 0.5) is 0 Å². The molecule has 1 rings (SSSR count). The van der Waals surface area contributed by atoms with Crippen LogP contribution >= 0.6 is 0 Å². The highest BCUT2D eigenvalue weighted by Gasteiger charge is 2.10. The first-order chi connectivity index (χ1) is 9.81. The number of rotatable bonds is 11. The summed E-state index contributed by atoms with van der Waals surface area (Å²) >= 11 is 0. The van der Waals surface area contributed by atoms with Gasteiger partial charge in [0.15, 0.2) is 0 Å². The number of hydrogen-bond donors (Lipinski definition) is 1. The second-order valence-corrected chi connectivity index (χ2v) is 5.85. The minimum absolute atomic E-state index is 0.544. The van der Waals surface area contributed by atoms with E-state index in [-0.39, 0.29) is 0 Å². The number of aryl methyl sites for hydroxylation is 1. The van der Waals surface area contributed by atoms with Crippen molar-refractivity contribution >= 4 is 0 Å². The summed E-state index contributed by atoms with van der Waals surface area (Å²) in [6.45, 7) is 7.88. The molecule has 1 nitrogen and oxygen atoms in total. The van der Waals surface area contributed by atoms with Gasteiger partial charge in [-0.1, -0.05) is 77.1 Å². The average Bonchev–Trinajstić information content (AvgIpc) is 2.48. The molecule has 0 aromatic heterocycles. The molecule has 0 saturated heterocycles. The first-order valence-electron chi connectivity index (χ1n) is 8.64. The number of nitrogens with one attached hydrogen (secondary N) is 1. The Labute approximate surface area is 126 Å². The van der Waals surface area contributed by atoms with E-state index in [1.54, 1.807) is 0 Å². The van der Waals surface area contributed by atoms with E-state index in [0.29, 0.717) is 6.04 Å². The number of unbranched alkanes of at least 4 members (excludes halogenated alkanes) is 3. The highest BCUT2D eigenvalue weighted by molar-refractivity contribution is 5.25. The van der Waals surface area contributed by atoms with Crippen molar-refractivity contribution in [3.8, 4) is 0 Å². The minimum atomic E-state index is 0.544. The zero-order valence-corrected chi connectivity index (χ0v) is 13.8. The lowest BCUT2D eigenvalue weighted by Crippen LogP contribution is -2.22. The summed E-state index contributed by atoms with van der Waals surface area (Å²) in [7, 11) is 0. The van der Waals surface area contributed by atoms with Crippen LogP contribution < -0.4 is 5.32 Å². The van der Waals surface area contributed by atoms with Crippen molar-refractivity contribution in [2.75, 3.05) is 6.54 Å². The predicted molar refractivity (Wildman–Crippen MR) is 90.2 cm³/mol. The smallest absolute Gasteiger partial charge is 0.0320 e. The van der Waals surface area contributed by atoms with Crippen molar-refractivity contribution in [3.63, 3.8) is 0 Å². The highest BCUT2D eigenvalue weighted by Crippen LogP contribution is 2.21. The first-order valence-corrected chi connectivity index (χ1v) is 8.64. The van der Waals surface area contributed by atoms with E-state index in [0.717, 1.165) is 6.54 Å². The Morgan fingerprint density at radius 3 is 2.20 bits per heavy atom. The summed E-state index contributed by atoms with van der Waals surface area (Å²) in [5.74, 6) is 0. The van der Waals surface area contributed by atoms with Crippen molar-refractivity contribution in [2.24, 2.45) is 0 Å². The van der Waals surface area contributed by atoms with E-state index in [2.05, 4.69) is 50.4 Å². The maximum atomic E-state index is 3.71. The molecule has 114 valence electrons. The number of benzene rings is 1. The zero-order valence-electron chi connectivity index (χ0n) is 13.8. The van der Waals surface area contributed by atoms with Crippen molar-refractivity contribution in [1.82, 2.24) is 5.32 Å². The molecule has 20 heavy (non-hydrogen) atoms. The molecule has 0 aliphatic rings. The summed E-state index contributed by atoms with van der Waals surface area (Å²) in [6.07, 6.45) is 10.3. The standard InChI is InChI=1S/C19H33N/c1-4-7-8-9-11-19(20-16-6-3)18-14-12-17(10-5-2)13-15-18/h12-15,19-20H,4-11,16H2,1-3H3. The lowest BCUT2D eigenvalue weighted by molar-refractivity contribution is 0.470. The molecule has 1 aromatic rings. The molecule has 0 bridgehead atoms. The molecule has 0 heterocycles. The summed E-state index contributed by atoms with van der Waals surface area (Å²) < 4.78 is 0. The Morgan fingerprint density at radius 2 is 1.60 bits per heavy atom. The fourth-order valence-electron chi connectivity index (χ4n) is 2.69. The quantitative estimate of drug-likeness (QED) is 0.514. The third kappa shape index (κ3) is 6.56. The van der Waals surface area contributed by atoms with Gasteiger partial charge in [-0.15, -0.1) is 0 Å². The molecule has 1 aromatic carbocycles. The molecule has 1 atom stereocenters. The monoisotopic (exact) mass is 275 g/mol. The van der Waals surface area contributed by atoms with Gasteiger partial charge < -0.3 is 5.32 Å². The second-order valence-electron chi connectivity index (χ2n) is 5.85. The van der Waals surface area contributed by atoms with Gasteiger partial charge in [-0.05, 0) is 36.9 Å². The molecule has 0 saturated carbocycles. The van der Waals surface area contributed by atoms with Gasteiger partial charge in [0, 0.05) is 6.04 Å². The molecule has 0 radical (unpaired) electrons. The lowest BCUT2D eigenvalue weighted by atomic mass is 9.98. The zero-order chi connectivity index (χ0) is 14.6. The molecule has 0 fully saturated rings. The van der Waals surface area contributed by atoms with Crippen LogP contribution in [0, 0.1) is 0 Å². The van der Waals surface area contributed by atoms with Gasteiger partial charge >= 0.3 is 0 Å². The van der Waals surface area contributed by atoms with E-state index in [4.69, 9.17) is 0 Å². The Morgan fingerprint density at radius 1 is 0.850 bits per heavy atom. The molecule has 0 aliphatic heterocycles. The van der Waals surface area contributed by atoms with Crippen LogP contribution in [0.15, 0.2) is 24.3 Å². The van der Waals surface area contributed by atoms with Gasteiger partial charge in [-0.25, -0.2) is 0 Å². The van der Waals surface area contributed by atoms with Crippen LogP contribution in [0.1, 0.15) is 82.9 Å². The topological polar surface area (TPSA) is 12.0 Å². The van der Waals surface area contributed by atoms with E-state index in [9.17, 15) is 0 Å². The molecule has 0 amide bonds. The van der Waals surface area contributed by atoms with E-state index in [1.807, 2.05) is 0 Å². The van der Waals surface area contributed by atoms with E-state index >= 15 is 0 Å². The normalized spacial score (nSPS) is 12.6. The lowest BCUT2D eigenvalue weighted by Gasteiger charge is -2.19. The van der Waals surface area contributed by atoms with Crippen molar-refractivity contribution in [3.05, 3.63) is 35.4 Å². The van der Waals surface area contributed by atoms with Gasteiger partial charge in [0.2, 0.25) is 0 Å². The Kier molecular flexibility index (Phi) is 9.40.